The summed E-state index contributed by atoms with van der Waals surface area (Å²) in [6, 6.07) is 0. The molecular formula is C11H14BrN3O4. The maximum Gasteiger partial charge on any atom is 0.328 e. The van der Waals surface area contributed by atoms with E-state index in [2.05, 4.69) is 20.9 Å². The Bertz CT molecular complexity index is 594. The normalized spacial score (nSPS) is 19.5. The highest BCUT2D eigenvalue weighted by atomic mass is 79.9. The molecule has 1 atom stereocenters. The molecule has 0 aliphatic carbocycles. The first kappa shape index (κ1) is 14.0. The Morgan fingerprint density at radius 3 is 3.00 bits per heavy atom. The molecule has 2 heterocycles. The summed E-state index contributed by atoms with van der Waals surface area (Å²) in [5.74, 6) is -0.170. The molecule has 1 saturated heterocycles. The number of hydrogen-bond donors (Lipinski definition) is 1. The number of hydrogen-bond acceptors (Lipinski definition) is 4. The fraction of sp³-hybridized carbons (Fsp3) is 0.545. The molecule has 1 amide bonds. The Morgan fingerprint density at radius 2 is 2.32 bits per heavy atom. The summed E-state index contributed by atoms with van der Waals surface area (Å²) in [5, 5.41) is 0. The Morgan fingerprint density at radius 1 is 1.58 bits per heavy atom. The summed E-state index contributed by atoms with van der Waals surface area (Å²) < 4.78 is 6.74. The van der Waals surface area contributed by atoms with Gasteiger partial charge in [0.2, 0.25) is 5.91 Å². The number of nitrogens with one attached hydrogen (secondary N) is 1. The maximum absolute atomic E-state index is 12.1. The average molecular weight is 332 g/mol. The van der Waals surface area contributed by atoms with Crippen molar-refractivity contribution in [3.63, 3.8) is 0 Å². The number of aromatic nitrogens is 2. The van der Waals surface area contributed by atoms with E-state index in [0.717, 1.165) is 0 Å². The topological polar surface area (TPSA) is 84.4 Å². The number of aromatic amines is 1. The van der Waals surface area contributed by atoms with Gasteiger partial charge in [-0.15, -0.1) is 0 Å². The first-order valence-electron chi connectivity index (χ1n) is 5.86. The van der Waals surface area contributed by atoms with E-state index in [1.165, 1.54) is 10.8 Å². The number of morpholine rings is 1. The third-order valence-corrected chi connectivity index (χ3v) is 3.43. The molecular weight excluding hydrogens is 318 g/mol. The lowest BCUT2D eigenvalue weighted by molar-refractivity contribution is -0.138. The molecule has 0 radical (unpaired) electrons. The number of halogens is 1. The first-order valence-corrected chi connectivity index (χ1v) is 6.65. The predicted molar refractivity (Wildman–Crippen MR) is 71.0 cm³/mol. The van der Waals surface area contributed by atoms with Crippen LogP contribution >= 0.6 is 15.9 Å². The smallest absolute Gasteiger partial charge is 0.328 e. The molecule has 0 saturated carbocycles. The second-order valence-electron chi connectivity index (χ2n) is 4.39. The third kappa shape index (κ3) is 3.32. The van der Waals surface area contributed by atoms with E-state index in [1.54, 1.807) is 4.90 Å². The van der Waals surface area contributed by atoms with Gasteiger partial charge in [0.05, 0.1) is 17.2 Å². The number of amides is 1. The summed E-state index contributed by atoms with van der Waals surface area (Å²) in [7, 11) is 0. The lowest BCUT2D eigenvalue weighted by Gasteiger charge is -2.31. The van der Waals surface area contributed by atoms with Gasteiger partial charge >= 0.3 is 5.69 Å². The zero-order valence-corrected chi connectivity index (χ0v) is 12.0. The molecule has 2 rings (SSSR count). The van der Waals surface area contributed by atoms with Crippen LogP contribution in [0.25, 0.3) is 0 Å². The van der Waals surface area contributed by atoms with Crippen LogP contribution < -0.4 is 11.2 Å². The first-order chi connectivity index (χ1) is 8.97. The molecule has 1 aromatic rings. The van der Waals surface area contributed by atoms with Gasteiger partial charge in [-0.05, 0) is 22.9 Å². The van der Waals surface area contributed by atoms with Gasteiger partial charge in [0.15, 0.2) is 0 Å². The minimum Gasteiger partial charge on any atom is -0.375 e. The van der Waals surface area contributed by atoms with Crippen LogP contribution in [0.3, 0.4) is 0 Å². The zero-order valence-electron chi connectivity index (χ0n) is 10.4. The van der Waals surface area contributed by atoms with Crippen LogP contribution in [0.1, 0.15) is 6.92 Å². The molecule has 8 heteroatoms. The van der Waals surface area contributed by atoms with Crippen molar-refractivity contribution in [2.45, 2.75) is 19.6 Å². The molecule has 1 aliphatic rings. The van der Waals surface area contributed by atoms with Crippen molar-refractivity contribution in [1.29, 1.82) is 0 Å². The maximum atomic E-state index is 12.1. The van der Waals surface area contributed by atoms with Crippen LogP contribution in [0.15, 0.2) is 20.3 Å². The second kappa shape index (κ2) is 5.70. The largest absolute Gasteiger partial charge is 0.375 e. The molecule has 19 heavy (non-hydrogen) atoms. The van der Waals surface area contributed by atoms with Crippen LogP contribution in [0.2, 0.25) is 0 Å². The third-order valence-electron chi connectivity index (χ3n) is 2.87. The molecule has 1 aliphatic heterocycles. The molecule has 1 aromatic heterocycles. The highest BCUT2D eigenvalue weighted by molar-refractivity contribution is 9.10. The fourth-order valence-electron chi connectivity index (χ4n) is 1.89. The molecule has 0 unspecified atom stereocenters. The van der Waals surface area contributed by atoms with Gasteiger partial charge in [-0.2, -0.15) is 0 Å². The van der Waals surface area contributed by atoms with E-state index in [0.29, 0.717) is 19.7 Å². The minimum atomic E-state index is -0.595. The number of nitrogens with zero attached hydrogens (tertiary/aromatic N) is 2. The van der Waals surface area contributed by atoms with E-state index in [-0.39, 0.29) is 23.0 Å². The molecule has 104 valence electrons. The summed E-state index contributed by atoms with van der Waals surface area (Å²) in [6.45, 7) is 3.32. The van der Waals surface area contributed by atoms with Crippen molar-refractivity contribution in [2.75, 3.05) is 19.7 Å². The Hall–Kier alpha value is -1.41. The molecule has 0 bridgehead atoms. The lowest BCUT2D eigenvalue weighted by atomic mass is 10.3. The predicted octanol–water partition coefficient (Wildman–Crippen LogP) is -0.454. The number of H-pyrrole nitrogens is 1. The van der Waals surface area contributed by atoms with Crippen molar-refractivity contribution in [1.82, 2.24) is 14.5 Å². The minimum absolute atomic E-state index is 0.00302. The van der Waals surface area contributed by atoms with Crippen LogP contribution in [-0.2, 0) is 16.1 Å². The number of carbonyl (C=O) groups excluding carboxylic acids is 1. The van der Waals surface area contributed by atoms with E-state index in [4.69, 9.17) is 4.74 Å². The molecule has 0 spiro atoms. The van der Waals surface area contributed by atoms with Crippen LogP contribution in [0, 0.1) is 0 Å². The van der Waals surface area contributed by atoms with Gasteiger partial charge in [-0.1, -0.05) is 0 Å². The standard InChI is InChI=1S/C11H14BrN3O4/c1-7-4-14(2-3-19-7)9(16)6-15-5-8(12)10(17)13-11(15)18/h5,7H,2-4,6H2,1H3,(H,13,17,18)/t7-/m1/s1. The molecule has 1 N–H and O–H groups in total. The van der Waals surface area contributed by atoms with E-state index in [9.17, 15) is 14.4 Å². The Labute approximate surface area is 117 Å². The van der Waals surface area contributed by atoms with Crippen LogP contribution in [0.5, 0.6) is 0 Å². The fourth-order valence-corrected chi connectivity index (χ4v) is 2.24. The average Bonchev–Trinajstić information content (AvgIpc) is 2.36. The summed E-state index contributed by atoms with van der Waals surface area (Å²) in [4.78, 5) is 38.6. The number of carbonyl (C=O) groups is 1. The van der Waals surface area contributed by atoms with E-state index in [1.807, 2.05) is 6.92 Å². The van der Waals surface area contributed by atoms with Gasteiger partial charge in [0.1, 0.15) is 6.54 Å². The number of ether oxygens (including phenoxy) is 1. The Kier molecular flexibility index (Phi) is 4.20. The van der Waals surface area contributed by atoms with Crippen molar-refractivity contribution in [3.05, 3.63) is 31.5 Å². The van der Waals surface area contributed by atoms with Gasteiger partial charge in [0.25, 0.3) is 5.56 Å². The van der Waals surface area contributed by atoms with Crippen molar-refractivity contribution in [3.8, 4) is 0 Å². The summed E-state index contributed by atoms with van der Waals surface area (Å²) >= 11 is 3.03. The summed E-state index contributed by atoms with van der Waals surface area (Å²) in [6.07, 6.45) is 1.32. The SMILES string of the molecule is C[C@@H]1CN(C(=O)Cn2cc(Br)c(=O)[nH]c2=O)CCO1. The lowest BCUT2D eigenvalue weighted by Crippen LogP contribution is -2.46. The van der Waals surface area contributed by atoms with Crippen LogP contribution in [0.4, 0.5) is 0 Å². The van der Waals surface area contributed by atoms with Gasteiger partial charge in [-0.3, -0.25) is 19.1 Å². The van der Waals surface area contributed by atoms with Gasteiger partial charge in [-0.25, -0.2) is 4.79 Å². The zero-order chi connectivity index (χ0) is 14.0. The van der Waals surface area contributed by atoms with Crippen LogP contribution in [-0.4, -0.2) is 46.2 Å². The molecule has 0 aromatic carbocycles. The van der Waals surface area contributed by atoms with E-state index >= 15 is 0 Å². The van der Waals surface area contributed by atoms with Gasteiger partial charge in [0, 0.05) is 19.3 Å². The molecule has 7 nitrogen and oxygen atoms in total. The summed E-state index contributed by atoms with van der Waals surface area (Å²) in [5.41, 5.74) is -1.10. The quantitative estimate of drug-likeness (QED) is 0.795. The Balaban J connectivity index is 2.13. The van der Waals surface area contributed by atoms with Crippen molar-refractivity contribution in [2.24, 2.45) is 0 Å². The highest BCUT2D eigenvalue weighted by Gasteiger charge is 2.21. The van der Waals surface area contributed by atoms with Crippen molar-refractivity contribution < 1.29 is 9.53 Å². The second-order valence-corrected chi connectivity index (χ2v) is 5.24. The monoisotopic (exact) mass is 331 g/mol. The molecule has 1 fully saturated rings. The van der Waals surface area contributed by atoms with Gasteiger partial charge < -0.3 is 9.64 Å². The number of rotatable bonds is 2. The highest BCUT2D eigenvalue weighted by Crippen LogP contribution is 2.05. The van der Waals surface area contributed by atoms with E-state index < -0.39 is 11.2 Å². The van der Waals surface area contributed by atoms with Crippen molar-refractivity contribution >= 4 is 21.8 Å².